The zero-order valence-electron chi connectivity index (χ0n) is 12.6. The molecule has 3 amide bonds. The predicted molar refractivity (Wildman–Crippen MR) is 94.9 cm³/mol. The molecule has 1 aliphatic rings. The maximum Gasteiger partial charge on any atom is 0.317 e. The first-order valence-corrected chi connectivity index (χ1v) is 8.47. The van der Waals surface area contributed by atoms with Gasteiger partial charge in [-0.3, -0.25) is 9.69 Å². The number of benzene rings is 1. The molecule has 0 radical (unpaired) electrons. The van der Waals surface area contributed by atoms with Crippen molar-refractivity contribution in [1.82, 2.24) is 15.1 Å². The number of urea groups is 1. The van der Waals surface area contributed by atoms with Crippen LogP contribution in [0.4, 0.5) is 10.5 Å². The molecule has 1 saturated heterocycles. The molecule has 1 aliphatic heterocycles. The minimum Gasteiger partial charge on any atom is -0.338 e. The second-order valence-corrected chi connectivity index (χ2v) is 6.40. The van der Waals surface area contributed by atoms with Gasteiger partial charge in [0.1, 0.15) is 0 Å². The number of nitrogens with one attached hydrogen (secondary N) is 2. The van der Waals surface area contributed by atoms with Crippen LogP contribution in [0.3, 0.4) is 0 Å². The summed E-state index contributed by atoms with van der Waals surface area (Å²) in [6, 6.07) is 7.69. The quantitative estimate of drug-likeness (QED) is 0.733. The van der Waals surface area contributed by atoms with Crippen molar-refractivity contribution < 1.29 is 9.59 Å². The SMILES string of the molecule is CCNC(=O)N1CCN(CC(=O)Nc2ccc(I)cc2)CC1. The average Bonchev–Trinajstić information content (AvgIpc) is 2.50. The smallest absolute Gasteiger partial charge is 0.317 e. The topological polar surface area (TPSA) is 64.7 Å². The van der Waals surface area contributed by atoms with Crippen molar-refractivity contribution in [3.8, 4) is 0 Å². The van der Waals surface area contributed by atoms with Gasteiger partial charge in [-0.25, -0.2) is 4.79 Å². The molecule has 1 heterocycles. The van der Waals surface area contributed by atoms with Gasteiger partial charge in [-0.05, 0) is 53.8 Å². The third-order valence-electron chi connectivity index (χ3n) is 3.48. The molecule has 0 unspecified atom stereocenters. The second kappa shape index (κ2) is 8.33. The van der Waals surface area contributed by atoms with Gasteiger partial charge in [-0.1, -0.05) is 0 Å². The van der Waals surface area contributed by atoms with Crippen molar-refractivity contribution in [2.24, 2.45) is 0 Å². The Bertz CT molecular complexity index is 513. The van der Waals surface area contributed by atoms with Crippen LogP contribution in [0.1, 0.15) is 6.92 Å². The van der Waals surface area contributed by atoms with Gasteiger partial charge in [0.2, 0.25) is 5.91 Å². The number of piperazine rings is 1. The van der Waals surface area contributed by atoms with Crippen LogP contribution in [0.15, 0.2) is 24.3 Å². The van der Waals surface area contributed by atoms with Crippen molar-refractivity contribution in [1.29, 1.82) is 0 Å². The van der Waals surface area contributed by atoms with Gasteiger partial charge in [-0.15, -0.1) is 0 Å². The summed E-state index contributed by atoms with van der Waals surface area (Å²) in [7, 11) is 0. The molecule has 0 bridgehead atoms. The molecule has 7 heteroatoms. The highest BCUT2D eigenvalue weighted by Crippen LogP contribution is 2.11. The highest BCUT2D eigenvalue weighted by Gasteiger charge is 2.21. The molecule has 0 saturated carbocycles. The number of halogens is 1. The number of nitrogens with zero attached hydrogens (tertiary/aromatic N) is 2. The standard InChI is InChI=1S/C15H21IN4O2/c1-2-17-15(22)20-9-7-19(8-10-20)11-14(21)18-13-5-3-12(16)4-6-13/h3-6H,2,7-11H2,1H3,(H,17,22)(H,18,21). The van der Waals surface area contributed by atoms with Crippen LogP contribution >= 0.6 is 22.6 Å². The van der Waals surface area contributed by atoms with E-state index in [1.807, 2.05) is 31.2 Å². The Morgan fingerprint density at radius 1 is 1.14 bits per heavy atom. The maximum atomic E-state index is 12.0. The van der Waals surface area contributed by atoms with E-state index < -0.39 is 0 Å². The highest BCUT2D eigenvalue weighted by atomic mass is 127. The molecule has 2 rings (SSSR count). The van der Waals surface area contributed by atoms with Gasteiger partial charge >= 0.3 is 6.03 Å². The molecular weight excluding hydrogens is 395 g/mol. The lowest BCUT2D eigenvalue weighted by Gasteiger charge is -2.34. The molecular formula is C15H21IN4O2. The summed E-state index contributed by atoms with van der Waals surface area (Å²) in [6.07, 6.45) is 0. The number of carbonyl (C=O) groups is 2. The van der Waals surface area contributed by atoms with Crippen LogP contribution in [0.25, 0.3) is 0 Å². The molecule has 120 valence electrons. The average molecular weight is 416 g/mol. The number of hydrogen-bond donors (Lipinski definition) is 2. The molecule has 22 heavy (non-hydrogen) atoms. The molecule has 0 aromatic heterocycles. The van der Waals surface area contributed by atoms with E-state index in [4.69, 9.17) is 0 Å². The predicted octanol–water partition coefficient (Wildman–Crippen LogP) is 1.58. The normalized spacial score (nSPS) is 15.5. The van der Waals surface area contributed by atoms with E-state index in [2.05, 4.69) is 38.1 Å². The molecule has 1 fully saturated rings. The largest absolute Gasteiger partial charge is 0.338 e. The molecule has 6 nitrogen and oxygen atoms in total. The lowest BCUT2D eigenvalue weighted by molar-refractivity contribution is -0.117. The Hall–Kier alpha value is -1.35. The second-order valence-electron chi connectivity index (χ2n) is 5.15. The molecule has 0 aliphatic carbocycles. The molecule has 2 N–H and O–H groups in total. The Labute approximate surface area is 144 Å². The number of hydrogen-bond acceptors (Lipinski definition) is 3. The third kappa shape index (κ3) is 5.13. The molecule has 0 spiro atoms. The summed E-state index contributed by atoms with van der Waals surface area (Å²) in [5.74, 6) is -0.0207. The summed E-state index contributed by atoms with van der Waals surface area (Å²) in [5.41, 5.74) is 0.811. The van der Waals surface area contributed by atoms with Crippen molar-refractivity contribution in [2.75, 3.05) is 44.6 Å². The van der Waals surface area contributed by atoms with Crippen molar-refractivity contribution in [3.63, 3.8) is 0 Å². The number of anilines is 1. The lowest BCUT2D eigenvalue weighted by Crippen LogP contribution is -2.52. The van der Waals surface area contributed by atoms with Gasteiger partial charge in [0.15, 0.2) is 0 Å². The summed E-state index contributed by atoms with van der Waals surface area (Å²) in [6.45, 7) is 5.65. The Morgan fingerprint density at radius 3 is 2.36 bits per heavy atom. The zero-order valence-corrected chi connectivity index (χ0v) is 14.8. The van der Waals surface area contributed by atoms with E-state index >= 15 is 0 Å². The van der Waals surface area contributed by atoms with E-state index in [-0.39, 0.29) is 11.9 Å². The van der Waals surface area contributed by atoms with Crippen LogP contribution in [-0.2, 0) is 4.79 Å². The fraction of sp³-hybridized carbons (Fsp3) is 0.467. The molecule has 1 aromatic rings. The Morgan fingerprint density at radius 2 is 1.77 bits per heavy atom. The Balaban J connectivity index is 1.74. The van der Waals surface area contributed by atoms with Crippen LogP contribution in [0, 0.1) is 3.57 Å². The van der Waals surface area contributed by atoms with Crippen LogP contribution in [-0.4, -0.2) is 61.0 Å². The van der Waals surface area contributed by atoms with E-state index in [1.54, 1.807) is 4.90 Å². The first-order chi connectivity index (χ1) is 10.6. The van der Waals surface area contributed by atoms with Crippen LogP contribution < -0.4 is 10.6 Å². The van der Waals surface area contributed by atoms with E-state index in [0.29, 0.717) is 26.2 Å². The van der Waals surface area contributed by atoms with E-state index in [0.717, 1.165) is 22.3 Å². The zero-order chi connectivity index (χ0) is 15.9. The van der Waals surface area contributed by atoms with Gasteiger partial charge in [0.05, 0.1) is 6.54 Å². The maximum absolute atomic E-state index is 12.0. The van der Waals surface area contributed by atoms with Crippen molar-refractivity contribution >= 4 is 40.2 Å². The number of amides is 3. The summed E-state index contributed by atoms with van der Waals surface area (Å²) >= 11 is 2.23. The Kier molecular flexibility index (Phi) is 6.44. The summed E-state index contributed by atoms with van der Waals surface area (Å²) in [5, 5.41) is 5.69. The monoisotopic (exact) mass is 416 g/mol. The van der Waals surface area contributed by atoms with Crippen LogP contribution in [0.5, 0.6) is 0 Å². The van der Waals surface area contributed by atoms with E-state index in [1.165, 1.54) is 0 Å². The first-order valence-electron chi connectivity index (χ1n) is 7.39. The highest BCUT2D eigenvalue weighted by molar-refractivity contribution is 14.1. The fourth-order valence-corrected chi connectivity index (χ4v) is 2.67. The van der Waals surface area contributed by atoms with Crippen LogP contribution in [0.2, 0.25) is 0 Å². The minimum absolute atomic E-state index is 0.0207. The summed E-state index contributed by atoms with van der Waals surface area (Å²) in [4.78, 5) is 27.6. The van der Waals surface area contributed by atoms with Gasteiger partial charge < -0.3 is 15.5 Å². The molecule has 0 atom stereocenters. The van der Waals surface area contributed by atoms with Crippen molar-refractivity contribution in [3.05, 3.63) is 27.8 Å². The minimum atomic E-state index is -0.0227. The van der Waals surface area contributed by atoms with Crippen molar-refractivity contribution in [2.45, 2.75) is 6.92 Å². The fourth-order valence-electron chi connectivity index (χ4n) is 2.31. The van der Waals surface area contributed by atoms with Gasteiger partial charge in [0.25, 0.3) is 0 Å². The number of carbonyl (C=O) groups excluding carboxylic acids is 2. The first kappa shape index (κ1) is 17.0. The van der Waals surface area contributed by atoms with Gasteiger partial charge in [-0.2, -0.15) is 0 Å². The van der Waals surface area contributed by atoms with Gasteiger partial charge in [0, 0.05) is 42.0 Å². The lowest BCUT2D eigenvalue weighted by atomic mass is 10.3. The summed E-state index contributed by atoms with van der Waals surface area (Å²) < 4.78 is 1.14. The third-order valence-corrected chi connectivity index (χ3v) is 4.20. The number of rotatable bonds is 4. The molecule has 1 aromatic carbocycles. The van der Waals surface area contributed by atoms with E-state index in [9.17, 15) is 9.59 Å².